The zero-order valence-electron chi connectivity index (χ0n) is 8.79. The molecule has 0 aliphatic heterocycles. The van der Waals surface area contributed by atoms with Crippen molar-refractivity contribution in [2.24, 2.45) is 11.7 Å². The van der Waals surface area contributed by atoms with Crippen LogP contribution in [0.3, 0.4) is 0 Å². The van der Waals surface area contributed by atoms with Gasteiger partial charge in [0.15, 0.2) is 0 Å². The summed E-state index contributed by atoms with van der Waals surface area (Å²) in [6, 6.07) is -0.380. The van der Waals surface area contributed by atoms with E-state index >= 15 is 0 Å². The first-order valence-electron chi connectivity index (χ1n) is 4.66. The summed E-state index contributed by atoms with van der Waals surface area (Å²) < 4.78 is 0. The van der Waals surface area contributed by atoms with Crippen molar-refractivity contribution in [1.29, 1.82) is 0 Å². The second-order valence-electron chi connectivity index (χ2n) is 3.42. The molecule has 0 radical (unpaired) electrons. The molecule has 13 heavy (non-hydrogen) atoms. The Hall–Kier alpha value is -0.830. The maximum Gasteiger partial charge on any atom is 0.239 e. The molecule has 0 aromatic heterocycles. The van der Waals surface area contributed by atoms with E-state index in [0.717, 1.165) is 6.42 Å². The highest BCUT2D eigenvalue weighted by atomic mass is 16.2. The number of hydrogen-bond donors (Lipinski definition) is 1. The molecule has 0 spiro atoms. The molecule has 0 rings (SSSR count). The van der Waals surface area contributed by atoms with Gasteiger partial charge in [0.05, 0.1) is 6.04 Å². The standard InChI is InChI=1S/C10H20N2O/c1-5-7-12(4)10(13)9(11)8(3)6-2/h5,8-9H,1,6-7,11H2,2-4H3/t8?,9-/m0/s1. The number of carbonyl (C=O) groups excluding carboxylic acids is 1. The largest absolute Gasteiger partial charge is 0.341 e. The summed E-state index contributed by atoms with van der Waals surface area (Å²) in [6.07, 6.45) is 2.62. The molecule has 1 unspecified atom stereocenters. The van der Waals surface area contributed by atoms with E-state index in [1.54, 1.807) is 18.0 Å². The van der Waals surface area contributed by atoms with Crippen molar-refractivity contribution in [2.75, 3.05) is 13.6 Å². The Morgan fingerprint density at radius 2 is 2.23 bits per heavy atom. The second-order valence-corrected chi connectivity index (χ2v) is 3.42. The lowest BCUT2D eigenvalue weighted by Gasteiger charge is -2.23. The molecule has 0 heterocycles. The fourth-order valence-electron chi connectivity index (χ4n) is 1.04. The lowest BCUT2D eigenvalue weighted by molar-refractivity contribution is -0.131. The number of carbonyl (C=O) groups is 1. The van der Waals surface area contributed by atoms with Crippen LogP contribution >= 0.6 is 0 Å². The third kappa shape index (κ3) is 3.59. The van der Waals surface area contributed by atoms with Crippen LogP contribution in [-0.2, 0) is 4.79 Å². The van der Waals surface area contributed by atoms with Crippen LogP contribution in [0, 0.1) is 5.92 Å². The summed E-state index contributed by atoms with van der Waals surface area (Å²) in [4.78, 5) is 13.2. The predicted molar refractivity (Wildman–Crippen MR) is 55.3 cm³/mol. The molecule has 2 atom stereocenters. The molecule has 3 heteroatoms. The lowest BCUT2D eigenvalue weighted by atomic mass is 9.99. The van der Waals surface area contributed by atoms with Gasteiger partial charge in [0.25, 0.3) is 0 Å². The minimum absolute atomic E-state index is 0.00532. The van der Waals surface area contributed by atoms with Gasteiger partial charge in [0.2, 0.25) is 5.91 Å². The van der Waals surface area contributed by atoms with Crippen LogP contribution in [0.4, 0.5) is 0 Å². The monoisotopic (exact) mass is 184 g/mol. The summed E-state index contributed by atoms with van der Waals surface area (Å²) in [7, 11) is 1.74. The van der Waals surface area contributed by atoms with Gasteiger partial charge < -0.3 is 10.6 Å². The Bertz CT molecular complexity index is 180. The third-order valence-corrected chi connectivity index (χ3v) is 2.32. The van der Waals surface area contributed by atoms with Crippen LogP contribution in [0.1, 0.15) is 20.3 Å². The quantitative estimate of drug-likeness (QED) is 0.648. The molecule has 3 nitrogen and oxygen atoms in total. The molecule has 0 saturated heterocycles. The van der Waals surface area contributed by atoms with Gasteiger partial charge in [-0.3, -0.25) is 4.79 Å². The van der Waals surface area contributed by atoms with Crippen LogP contribution < -0.4 is 5.73 Å². The first-order valence-corrected chi connectivity index (χ1v) is 4.66. The van der Waals surface area contributed by atoms with Crippen molar-refractivity contribution in [1.82, 2.24) is 4.90 Å². The molecule has 0 aromatic rings. The highest BCUT2D eigenvalue weighted by Gasteiger charge is 2.21. The summed E-state index contributed by atoms with van der Waals surface area (Å²) in [5.41, 5.74) is 5.78. The predicted octanol–water partition coefficient (Wildman–Crippen LogP) is 1.00. The maximum atomic E-state index is 11.6. The minimum Gasteiger partial charge on any atom is -0.341 e. The number of nitrogens with two attached hydrogens (primary N) is 1. The molecule has 0 saturated carbocycles. The molecule has 0 bridgehead atoms. The molecular weight excluding hydrogens is 164 g/mol. The first kappa shape index (κ1) is 12.2. The van der Waals surface area contributed by atoms with E-state index in [2.05, 4.69) is 6.58 Å². The van der Waals surface area contributed by atoms with Crippen molar-refractivity contribution in [3.8, 4) is 0 Å². The van der Waals surface area contributed by atoms with Gasteiger partial charge in [0.1, 0.15) is 0 Å². The highest BCUT2D eigenvalue weighted by molar-refractivity contribution is 5.81. The number of amides is 1. The van der Waals surface area contributed by atoms with Gasteiger partial charge in [-0.25, -0.2) is 0 Å². The Kier molecular flexibility index (Phi) is 5.39. The van der Waals surface area contributed by atoms with E-state index in [1.165, 1.54) is 0 Å². The van der Waals surface area contributed by atoms with Crippen molar-refractivity contribution >= 4 is 5.91 Å². The lowest BCUT2D eigenvalue weighted by Crippen LogP contribution is -2.45. The van der Waals surface area contributed by atoms with Gasteiger partial charge in [-0.1, -0.05) is 26.3 Å². The average molecular weight is 184 g/mol. The van der Waals surface area contributed by atoms with E-state index in [-0.39, 0.29) is 17.9 Å². The molecule has 0 aliphatic carbocycles. The summed E-state index contributed by atoms with van der Waals surface area (Å²) in [5.74, 6) is 0.231. The minimum atomic E-state index is -0.380. The smallest absolute Gasteiger partial charge is 0.239 e. The molecule has 0 fully saturated rings. The van der Waals surface area contributed by atoms with Crippen molar-refractivity contribution in [2.45, 2.75) is 26.3 Å². The van der Waals surface area contributed by atoms with Crippen LogP contribution in [0.25, 0.3) is 0 Å². The number of nitrogens with zero attached hydrogens (tertiary/aromatic N) is 1. The van der Waals surface area contributed by atoms with Gasteiger partial charge in [-0.15, -0.1) is 6.58 Å². The normalized spacial score (nSPS) is 14.8. The first-order chi connectivity index (χ1) is 6.04. The highest BCUT2D eigenvalue weighted by Crippen LogP contribution is 2.07. The average Bonchev–Trinajstić information content (AvgIpc) is 2.14. The van der Waals surface area contributed by atoms with Crippen molar-refractivity contribution in [3.63, 3.8) is 0 Å². The van der Waals surface area contributed by atoms with Crippen LogP contribution in [0.15, 0.2) is 12.7 Å². The van der Waals surface area contributed by atoms with Gasteiger partial charge in [0, 0.05) is 13.6 Å². The van der Waals surface area contributed by atoms with E-state index in [4.69, 9.17) is 5.73 Å². The van der Waals surface area contributed by atoms with Crippen molar-refractivity contribution < 1.29 is 4.79 Å². The van der Waals surface area contributed by atoms with Crippen molar-refractivity contribution in [3.05, 3.63) is 12.7 Å². The maximum absolute atomic E-state index is 11.6. The van der Waals surface area contributed by atoms with Gasteiger partial charge in [-0.2, -0.15) is 0 Å². The van der Waals surface area contributed by atoms with Gasteiger partial charge in [-0.05, 0) is 5.92 Å². The molecule has 76 valence electrons. The molecule has 2 N–H and O–H groups in total. The Labute approximate surface area is 80.6 Å². The second kappa shape index (κ2) is 5.75. The zero-order chi connectivity index (χ0) is 10.4. The zero-order valence-corrected chi connectivity index (χ0v) is 8.79. The van der Waals surface area contributed by atoms with E-state index < -0.39 is 0 Å². The summed E-state index contributed by atoms with van der Waals surface area (Å²) in [5, 5.41) is 0. The SMILES string of the molecule is C=CCN(C)C(=O)[C@@H](N)C(C)CC. The topological polar surface area (TPSA) is 46.3 Å². The van der Waals surface area contributed by atoms with E-state index in [9.17, 15) is 4.79 Å². The van der Waals surface area contributed by atoms with Crippen LogP contribution in [0.2, 0.25) is 0 Å². The van der Waals surface area contributed by atoms with Gasteiger partial charge >= 0.3 is 0 Å². The fourth-order valence-corrected chi connectivity index (χ4v) is 1.04. The number of likely N-dealkylation sites (N-methyl/N-ethyl adjacent to an activating group) is 1. The van der Waals surface area contributed by atoms with Crippen LogP contribution in [0.5, 0.6) is 0 Å². The molecular formula is C10H20N2O. The summed E-state index contributed by atoms with van der Waals surface area (Å²) >= 11 is 0. The molecule has 1 amide bonds. The Morgan fingerprint density at radius 3 is 2.62 bits per heavy atom. The fraction of sp³-hybridized carbons (Fsp3) is 0.700. The molecule has 0 aliphatic rings. The van der Waals surface area contributed by atoms with Crippen LogP contribution in [-0.4, -0.2) is 30.4 Å². The van der Waals surface area contributed by atoms with E-state index in [0.29, 0.717) is 6.54 Å². The molecule has 0 aromatic carbocycles. The number of hydrogen-bond acceptors (Lipinski definition) is 2. The Balaban J connectivity index is 4.15. The third-order valence-electron chi connectivity index (χ3n) is 2.32. The number of rotatable bonds is 5. The van der Waals surface area contributed by atoms with E-state index in [1.807, 2.05) is 13.8 Å². The Morgan fingerprint density at radius 1 is 1.69 bits per heavy atom. The summed E-state index contributed by atoms with van der Waals surface area (Å²) in [6.45, 7) is 8.15.